The Labute approximate surface area is 174 Å². The molecule has 0 spiro atoms. The fourth-order valence-electron chi connectivity index (χ4n) is 3.90. The van der Waals surface area contributed by atoms with Gasteiger partial charge >= 0.3 is 5.97 Å². The number of fused-ring (bicyclic) bond motifs is 1. The molecule has 0 heterocycles. The predicted molar refractivity (Wildman–Crippen MR) is 111 cm³/mol. The lowest BCUT2D eigenvalue weighted by Crippen LogP contribution is -2.30. The van der Waals surface area contributed by atoms with E-state index in [4.69, 9.17) is 14.7 Å². The third-order valence-electron chi connectivity index (χ3n) is 5.58. The van der Waals surface area contributed by atoms with E-state index in [1.807, 2.05) is 60.7 Å². The van der Waals surface area contributed by atoms with Gasteiger partial charge in [0.1, 0.15) is 11.5 Å². The van der Waals surface area contributed by atoms with E-state index >= 15 is 0 Å². The molecule has 0 bridgehead atoms. The van der Waals surface area contributed by atoms with Gasteiger partial charge in [0.25, 0.3) is 0 Å². The van der Waals surface area contributed by atoms with Gasteiger partial charge in [0.05, 0.1) is 17.9 Å². The van der Waals surface area contributed by atoms with Crippen molar-refractivity contribution in [3.8, 4) is 11.5 Å². The van der Waals surface area contributed by atoms with E-state index in [9.17, 15) is 9.59 Å². The molecule has 1 amide bonds. The van der Waals surface area contributed by atoms with E-state index in [1.54, 1.807) is 12.4 Å². The van der Waals surface area contributed by atoms with Gasteiger partial charge in [-0.05, 0) is 60.4 Å². The average Bonchev–Trinajstić information content (AvgIpc) is 3.50. The van der Waals surface area contributed by atoms with Crippen molar-refractivity contribution in [1.82, 2.24) is 5.48 Å². The van der Waals surface area contributed by atoms with E-state index in [-0.39, 0.29) is 6.61 Å². The minimum atomic E-state index is -0.927. The number of carbonyl (C=O) groups is 2. The van der Waals surface area contributed by atoms with Crippen LogP contribution in [0.3, 0.4) is 0 Å². The first-order valence-electron chi connectivity index (χ1n) is 9.92. The number of nitrogens with one attached hydrogen (secondary N) is 1. The quantitative estimate of drug-likeness (QED) is 0.349. The van der Waals surface area contributed by atoms with Crippen molar-refractivity contribution in [3.63, 3.8) is 0 Å². The van der Waals surface area contributed by atoms with Gasteiger partial charge in [-0.15, -0.1) is 0 Å². The number of rotatable bonds is 7. The maximum atomic E-state index is 12.5. The third-order valence-corrected chi connectivity index (χ3v) is 5.58. The third kappa shape index (κ3) is 3.86. The van der Waals surface area contributed by atoms with Crippen molar-refractivity contribution < 1.29 is 24.3 Å². The van der Waals surface area contributed by atoms with Gasteiger partial charge in [-0.2, -0.15) is 0 Å². The van der Waals surface area contributed by atoms with Gasteiger partial charge < -0.3 is 9.47 Å². The second-order valence-corrected chi connectivity index (χ2v) is 7.54. The van der Waals surface area contributed by atoms with Crippen molar-refractivity contribution >= 4 is 22.6 Å². The van der Waals surface area contributed by atoms with Crippen LogP contribution < -0.4 is 10.2 Å². The molecule has 0 unspecified atom stereocenters. The first-order valence-corrected chi connectivity index (χ1v) is 9.92. The molecule has 0 aliphatic heterocycles. The van der Waals surface area contributed by atoms with Gasteiger partial charge in [0.15, 0.2) is 0 Å². The van der Waals surface area contributed by atoms with Crippen LogP contribution in [0.4, 0.5) is 0 Å². The Morgan fingerprint density at radius 3 is 2.43 bits per heavy atom. The molecule has 0 radical (unpaired) electrons. The number of amides is 1. The van der Waals surface area contributed by atoms with Crippen LogP contribution in [0, 0.1) is 11.3 Å². The van der Waals surface area contributed by atoms with Crippen molar-refractivity contribution in [2.24, 2.45) is 11.3 Å². The van der Waals surface area contributed by atoms with Gasteiger partial charge in [0, 0.05) is 0 Å². The maximum Gasteiger partial charge on any atom is 0.313 e. The van der Waals surface area contributed by atoms with E-state index in [0.717, 1.165) is 22.1 Å². The van der Waals surface area contributed by atoms with Crippen LogP contribution in [0.25, 0.3) is 10.8 Å². The van der Waals surface area contributed by atoms with Crippen molar-refractivity contribution in [2.75, 3.05) is 6.61 Å². The smallest absolute Gasteiger partial charge is 0.313 e. The van der Waals surface area contributed by atoms with E-state index < -0.39 is 23.2 Å². The first-order chi connectivity index (χ1) is 14.6. The molecule has 1 fully saturated rings. The molecule has 0 aromatic heterocycles. The zero-order valence-corrected chi connectivity index (χ0v) is 16.6. The molecule has 2 atom stereocenters. The summed E-state index contributed by atoms with van der Waals surface area (Å²) in [5, 5.41) is 11.2. The van der Waals surface area contributed by atoms with Gasteiger partial charge in [-0.3, -0.25) is 14.8 Å². The molecule has 154 valence electrons. The number of carbonyl (C=O) groups excluding carboxylic acids is 2. The van der Waals surface area contributed by atoms with Crippen LogP contribution in [-0.4, -0.2) is 23.7 Å². The van der Waals surface area contributed by atoms with E-state index in [0.29, 0.717) is 18.6 Å². The second-order valence-electron chi connectivity index (χ2n) is 7.54. The van der Waals surface area contributed by atoms with Crippen LogP contribution in [0.2, 0.25) is 0 Å². The highest BCUT2D eigenvalue weighted by Crippen LogP contribution is 2.56. The van der Waals surface area contributed by atoms with Crippen LogP contribution >= 0.6 is 0 Å². The topological polar surface area (TPSA) is 84.9 Å². The van der Waals surface area contributed by atoms with Crippen molar-refractivity contribution in [3.05, 3.63) is 72.3 Å². The minimum absolute atomic E-state index is 0.243. The SMILES string of the molecule is CCOC(=O)[C@@]1(Cc2ccc(Oc3ccc4ccccc4c3)cc2)C[C@@H]1C(=O)NO. The summed E-state index contributed by atoms with van der Waals surface area (Å²) in [6.07, 6.45) is 0.716. The lowest BCUT2D eigenvalue weighted by Gasteiger charge is -2.16. The van der Waals surface area contributed by atoms with Crippen molar-refractivity contribution in [1.29, 1.82) is 0 Å². The Morgan fingerprint density at radius 1 is 1.03 bits per heavy atom. The van der Waals surface area contributed by atoms with E-state index in [1.165, 1.54) is 0 Å². The van der Waals surface area contributed by atoms with Gasteiger partial charge in [0.2, 0.25) is 5.91 Å². The molecule has 1 saturated carbocycles. The van der Waals surface area contributed by atoms with Crippen LogP contribution in [-0.2, 0) is 20.7 Å². The summed E-state index contributed by atoms with van der Waals surface area (Å²) in [6, 6.07) is 21.4. The number of hydrogen-bond donors (Lipinski definition) is 2. The predicted octanol–water partition coefficient (Wildman–Crippen LogP) is 4.25. The zero-order valence-electron chi connectivity index (χ0n) is 16.6. The van der Waals surface area contributed by atoms with Crippen LogP contribution in [0.15, 0.2) is 66.7 Å². The molecule has 6 nitrogen and oxygen atoms in total. The van der Waals surface area contributed by atoms with Crippen LogP contribution in [0.5, 0.6) is 11.5 Å². The monoisotopic (exact) mass is 405 g/mol. The standard InChI is InChI=1S/C24H23NO5/c1-2-29-23(27)24(15-21(24)22(26)25-28)14-16-7-10-19(11-8-16)30-20-12-9-17-5-3-4-6-18(17)13-20/h3-13,21,28H,2,14-15H2,1H3,(H,25,26)/t21-,24+/m1/s1. The first kappa shape index (κ1) is 19.9. The summed E-state index contributed by atoms with van der Waals surface area (Å²) in [5.74, 6) is -0.129. The summed E-state index contributed by atoms with van der Waals surface area (Å²) < 4.78 is 11.1. The van der Waals surface area contributed by atoms with Crippen molar-refractivity contribution in [2.45, 2.75) is 19.8 Å². The summed E-state index contributed by atoms with van der Waals surface area (Å²) in [4.78, 5) is 24.3. The van der Waals surface area contributed by atoms with Gasteiger partial charge in [-0.25, -0.2) is 5.48 Å². The highest BCUT2D eigenvalue weighted by Gasteiger charge is 2.64. The molecule has 2 N–H and O–H groups in total. The largest absolute Gasteiger partial charge is 0.466 e. The molecule has 3 aromatic carbocycles. The molecular formula is C24H23NO5. The summed E-state index contributed by atoms with van der Waals surface area (Å²) in [6.45, 7) is 1.97. The van der Waals surface area contributed by atoms with E-state index in [2.05, 4.69) is 6.07 Å². The number of hydrogen-bond acceptors (Lipinski definition) is 5. The molecule has 3 aromatic rings. The average molecular weight is 405 g/mol. The highest BCUT2D eigenvalue weighted by molar-refractivity contribution is 5.93. The zero-order chi connectivity index (χ0) is 21.1. The Morgan fingerprint density at radius 2 is 1.73 bits per heavy atom. The Hall–Kier alpha value is -3.38. The Balaban J connectivity index is 1.48. The summed E-state index contributed by atoms with van der Waals surface area (Å²) >= 11 is 0. The number of benzene rings is 3. The van der Waals surface area contributed by atoms with Gasteiger partial charge in [-0.1, -0.05) is 42.5 Å². The maximum absolute atomic E-state index is 12.5. The molecule has 30 heavy (non-hydrogen) atoms. The summed E-state index contributed by atoms with van der Waals surface area (Å²) in [7, 11) is 0. The summed E-state index contributed by atoms with van der Waals surface area (Å²) in [5.41, 5.74) is 1.61. The molecular weight excluding hydrogens is 382 g/mol. The molecule has 0 saturated heterocycles. The lowest BCUT2D eigenvalue weighted by molar-refractivity contribution is -0.152. The molecule has 4 rings (SSSR count). The number of esters is 1. The highest BCUT2D eigenvalue weighted by atomic mass is 16.5. The number of hydroxylamine groups is 1. The molecule has 1 aliphatic rings. The normalized spacial score (nSPS) is 19.9. The molecule has 1 aliphatic carbocycles. The Bertz CT molecular complexity index is 1080. The fraction of sp³-hybridized carbons (Fsp3) is 0.250. The van der Waals surface area contributed by atoms with Crippen LogP contribution in [0.1, 0.15) is 18.9 Å². The Kier molecular flexibility index (Phi) is 5.42. The number of ether oxygens (including phenoxy) is 2. The molecule has 6 heteroatoms. The lowest BCUT2D eigenvalue weighted by atomic mass is 9.93. The fourth-order valence-corrected chi connectivity index (χ4v) is 3.90. The second kappa shape index (κ2) is 8.16. The minimum Gasteiger partial charge on any atom is -0.466 e.